The Morgan fingerprint density at radius 1 is 0.850 bits per heavy atom. The predicted molar refractivity (Wildman–Crippen MR) is 170 cm³/mol. The van der Waals surface area contributed by atoms with E-state index in [1.54, 1.807) is 32.7 Å². The van der Waals surface area contributed by atoms with Crippen molar-refractivity contribution in [2.75, 3.05) is 10.6 Å². The average Bonchev–Trinajstić information content (AvgIpc) is 2.90. The molecule has 0 unspecified atom stereocenters. The van der Waals surface area contributed by atoms with Gasteiger partial charge in [-0.2, -0.15) is 0 Å². The first-order valence-corrected chi connectivity index (χ1v) is 14.7. The smallest absolute Gasteiger partial charge is 0.307 e. The normalized spacial score (nSPS) is 12.2. The molecule has 0 saturated heterocycles. The second-order valence-electron chi connectivity index (χ2n) is 11.4. The van der Waals surface area contributed by atoms with Crippen LogP contribution in [0.25, 0.3) is 33.4 Å². The number of rotatable bonds is 5. The number of aliphatic hydroxyl groups is 1. The highest BCUT2D eigenvalue weighted by Gasteiger charge is 2.30. The van der Waals surface area contributed by atoms with Crippen molar-refractivity contribution in [3.8, 4) is 33.4 Å². The standard InChI is InChI=1S/C31H29NO2S.C4H10O/c1-19-10-12-23(13-11-19)29-21(3)30-27-16-24(22-8-6-5-7-9-22)14-15-25(27)18-32(35-4)31(30)20(2)26(29)17-28(33)34;1-4(2,3)5/h5-16H,17-18H2,1-4H3,(H,33,34);5H,1-3H3. The average molecular weight is 554 g/mol. The lowest BCUT2D eigenvalue weighted by molar-refractivity contribution is -0.136. The van der Waals surface area contributed by atoms with Gasteiger partial charge >= 0.3 is 5.97 Å². The SMILES string of the molecule is CC(C)(C)O.CSN1Cc2ccc(-c3ccccc3)cc2-c2c(C)c(-c3ccc(C)cc3)c(CC(=O)O)c(C)c21. The fourth-order valence-electron chi connectivity index (χ4n) is 5.32. The quantitative estimate of drug-likeness (QED) is 0.242. The van der Waals surface area contributed by atoms with Crippen molar-refractivity contribution in [2.24, 2.45) is 0 Å². The van der Waals surface area contributed by atoms with Gasteiger partial charge in [-0.05, 0) is 97.7 Å². The molecule has 40 heavy (non-hydrogen) atoms. The van der Waals surface area contributed by atoms with E-state index in [-0.39, 0.29) is 6.42 Å². The van der Waals surface area contributed by atoms with Gasteiger partial charge in [-0.15, -0.1) is 0 Å². The number of benzene rings is 4. The molecule has 0 aromatic heterocycles. The van der Waals surface area contributed by atoms with Gasteiger partial charge in [0.05, 0.1) is 24.3 Å². The molecule has 0 bridgehead atoms. The highest BCUT2D eigenvalue weighted by molar-refractivity contribution is 7.99. The number of anilines is 1. The zero-order valence-electron chi connectivity index (χ0n) is 24.5. The molecule has 5 heteroatoms. The number of aliphatic carboxylic acids is 1. The Morgan fingerprint density at radius 3 is 2.02 bits per heavy atom. The number of nitrogens with zero attached hydrogens (tertiary/aromatic N) is 1. The highest BCUT2D eigenvalue weighted by Crippen LogP contribution is 2.50. The van der Waals surface area contributed by atoms with E-state index in [1.165, 1.54) is 33.4 Å². The summed E-state index contributed by atoms with van der Waals surface area (Å²) < 4.78 is 2.31. The summed E-state index contributed by atoms with van der Waals surface area (Å²) in [4.78, 5) is 12.0. The minimum absolute atomic E-state index is 0.00228. The fraction of sp³-hybridized carbons (Fsp3) is 0.286. The Hall–Kier alpha value is -3.54. The number of carboxylic acid groups (broad SMARTS) is 1. The molecule has 0 fully saturated rings. The maximum atomic E-state index is 12.0. The minimum Gasteiger partial charge on any atom is -0.481 e. The van der Waals surface area contributed by atoms with Gasteiger partial charge in [0, 0.05) is 11.8 Å². The van der Waals surface area contributed by atoms with Crippen molar-refractivity contribution < 1.29 is 15.0 Å². The summed E-state index contributed by atoms with van der Waals surface area (Å²) in [6.07, 6.45) is 2.09. The van der Waals surface area contributed by atoms with Gasteiger partial charge in [0.25, 0.3) is 0 Å². The molecule has 208 valence electrons. The number of fused-ring (bicyclic) bond motifs is 3. The first-order chi connectivity index (χ1) is 18.9. The lowest BCUT2D eigenvalue weighted by atomic mass is 9.80. The number of aryl methyl sites for hydroxylation is 1. The molecule has 4 aromatic carbocycles. The molecule has 1 aliphatic rings. The fourth-order valence-corrected chi connectivity index (χ4v) is 6.00. The van der Waals surface area contributed by atoms with Gasteiger partial charge < -0.3 is 14.5 Å². The Kier molecular flexibility index (Phi) is 8.77. The van der Waals surface area contributed by atoms with E-state index < -0.39 is 11.6 Å². The van der Waals surface area contributed by atoms with E-state index in [0.29, 0.717) is 0 Å². The topological polar surface area (TPSA) is 60.8 Å². The summed E-state index contributed by atoms with van der Waals surface area (Å²) in [6, 6.07) is 25.7. The van der Waals surface area contributed by atoms with E-state index in [4.69, 9.17) is 5.11 Å². The van der Waals surface area contributed by atoms with Crippen LogP contribution in [0.3, 0.4) is 0 Å². The molecule has 0 spiro atoms. The first kappa shape index (κ1) is 29.4. The van der Waals surface area contributed by atoms with Crippen LogP contribution in [0.1, 0.15) is 48.6 Å². The van der Waals surface area contributed by atoms with Gasteiger partial charge in [-0.3, -0.25) is 4.79 Å². The van der Waals surface area contributed by atoms with Crippen LogP contribution < -0.4 is 4.31 Å². The van der Waals surface area contributed by atoms with E-state index in [9.17, 15) is 9.90 Å². The van der Waals surface area contributed by atoms with Gasteiger partial charge in [0.2, 0.25) is 0 Å². The van der Waals surface area contributed by atoms with Crippen molar-refractivity contribution >= 4 is 23.6 Å². The first-order valence-electron chi connectivity index (χ1n) is 13.6. The van der Waals surface area contributed by atoms with Gasteiger partial charge in [0.15, 0.2) is 0 Å². The van der Waals surface area contributed by atoms with Gasteiger partial charge in [-0.25, -0.2) is 0 Å². The lowest BCUT2D eigenvalue weighted by Gasteiger charge is -2.36. The second kappa shape index (κ2) is 11.9. The third-order valence-electron chi connectivity index (χ3n) is 7.03. The van der Waals surface area contributed by atoms with E-state index in [1.807, 2.05) is 6.07 Å². The van der Waals surface area contributed by atoms with Gasteiger partial charge in [-0.1, -0.05) is 84.2 Å². The maximum absolute atomic E-state index is 12.0. The van der Waals surface area contributed by atoms with Crippen molar-refractivity contribution in [1.29, 1.82) is 0 Å². The Labute approximate surface area is 242 Å². The summed E-state index contributed by atoms with van der Waals surface area (Å²) in [6.45, 7) is 12.3. The molecule has 5 rings (SSSR count). The Bertz CT molecular complexity index is 1510. The van der Waals surface area contributed by atoms with Crippen molar-refractivity contribution in [1.82, 2.24) is 0 Å². The summed E-state index contributed by atoms with van der Waals surface area (Å²) >= 11 is 1.69. The molecule has 0 saturated carbocycles. The van der Waals surface area contributed by atoms with Crippen LogP contribution in [0.4, 0.5) is 5.69 Å². The molecule has 4 aromatic rings. The zero-order valence-corrected chi connectivity index (χ0v) is 25.3. The number of carboxylic acids is 1. The molecule has 0 atom stereocenters. The van der Waals surface area contributed by atoms with Crippen LogP contribution in [0.15, 0.2) is 72.8 Å². The van der Waals surface area contributed by atoms with Crippen LogP contribution in [-0.4, -0.2) is 28.0 Å². The second-order valence-corrected chi connectivity index (χ2v) is 12.2. The number of carbonyl (C=O) groups is 1. The van der Waals surface area contributed by atoms with Crippen molar-refractivity contribution in [3.63, 3.8) is 0 Å². The summed E-state index contributed by atoms with van der Waals surface area (Å²) in [5.74, 6) is -0.806. The molecule has 1 heterocycles. The number of hydrogen-bond donors (Lipinski definition) is 2. The van der Waals surface area contributed by atoms with Crippen molar-refractivity contribution in [2.45, 2.75) is 60.1 Å². The van der Waals surface area contributed by atoms with E-state index in [2.05, 4.69) is 98.1 Å². The largest absolute Gasteiger partial charge is 0.481 e. The van der Waals surface area contributed by atoms with Crippen LogP contribution in [-0.2, 0) is 17.8 Å². The molecular weight excluding hydrogens is 514 g/mol. The van der Waals surface area contributed by atoms with E-state index >= 15 is 0 Å². The van der Waals surface area contributed by atoms with Crippen LogP contribution >= 0.6 is 11.9 Å². The van der Waals surface area contributed by atoms with E-state index in [0.717, 1.165) is 40.0 Å². The lowest BCUT2D eigenvalue weighted by Crippen LogP contribution is -2.22. The summed E-state index contributed by atoms with van der Waals surface area (Å²) in [7, 11) is 0. The Balaban J connectivity index is 0.000000681. The minimum atomic E-state index is -0.806. The predicted octanol–water partition coefficient (Wildman–Crippen LogP) is 8.62. The third-order valence-corrected chi connectivity index (χ3v) is 7.79. The monoisotopic (exact) mass is 553 g/mol. The molecule has 4 nitrogen and oxygen atoms in total. The highest BCUT2D eigenvalue weighted by atomic mass is 32.2. The molecular formula is C35H39NO3S. The van der Waals surface area contributed by atoms with Crippen LogP contribution in [0, 0.1) is 20.8 Å². The molecule has 2 N–H and O–H groups in total. The third kappa shape index (κ3) is 6.43. The molecule has 0 aliphatic carbocycles. The summed E-state index contributed by atoms with van der Waals surface area (Å²) in [5, 5.41) is 18.3. The molecule has 0 amide bonds. The van der Waals surface area contributed by atoms with Crippen LogP contribution in [0.5, 0.6) is 0 Å². The summed E-state index contributed by atoms with van der Waals surface area (Å²) in [5.41, 5.74) is 13.1. The van der Waals surface area contributed by atoms with Crippen LogP contribution in [0.2, 0.25) is 0 Å². The maximum Gasteiger partial charge on any atom is 0.307 e. The van der Waals surface area contributed by atoms with Crippen molar-refractivity contribution in [3.05, 3.63) is 101 Å². The van der Waals surface area contributed by atoms with Gasteiger partial charge in [0.1, 0.15) is 0 Å². The zero-order chi connectivity index (χ0) is 29.2. The number of hydrogen-bond acceptors (Lipinski definition) is 4. The Morgan fingerprint density at radius 2 is 1.45 bits per heavy atom. The molecule has 0 radical (unpaired) electrons. The molecule has 1 aliphatic heterocycles.